The maximum Gasteiger partial charge on any atom is 0.317 e. The van der Waals surface area contributed by atoms with Crippen molar-refractivity contribution >= 4 is 12.0 Å². The standard InChI is InChI=1S/C16H28N2O3/c1-3-16(13(19)20)10-7-11-18(12-16)14(21)17-15(2)8-5-4-6-9-15/h3-12H2,1-2H3,(H,17,21)(H,19,20). The number of carboxylic acids is 1. The molecule has 0 aromatic carbocycles. The van der Waals surface area contributed by atoms with Gasteiger partial charge in [0.2, 0.25) is 0 Å². The van der Waals surface area contributed by atoms with Gasteiger partial charge < -0.3 is 15.3 Å². The van der Waals surface area contributed by atoms with Crippen LogP contribution in [0.3, 0.4) is 0 Å². The van der Waals surface area contributed by atoms with Gasteiger partial charge in [-0.05, 0) is 39.0 Å². The van der Waals surface area contributed by atoms with Crippen molar-refractivity contribution in [2.24, 2.45) is 5.41 Å². The number of likely N-dealkylation sites (tertiary alicyclic amines) is 1. The predicted octanol–water partition coefficient (Wildman–Crippen LogP) is 3.00. The lowest BCUT2D eigenvalue weighted by molar-refractivity contribution is -0.152. The number of rotatable bonds is 3. The van der Waals surface area contributed by atoms with Crippen LogP contribution in [-0.2, 0) is 4.79 Å². The Morgan fingerprint density at radius 3 is 2.38 bits per heavy atom. The summed E-state index contributed by atoms with van der Waals surface area (Å²) in [6, 6.07) is -0.0850. The van der Waals surface area contributed by atoms with Crippen LogP contribution in [0.25, 0.3) is 0 Å². The zero-order valence-corrected chi connectivity index (χ0v) is 13.3. The van der Waals surface area contributed by atoms with Crippen LogP contribution < -0.4 is 5.32 Å². The van der Waals surface area contributed by atoms with Crippen molar-refractivity contribution in [2.75, 3.05) is 13.1 Å². The van der Waals surface area contributed by atoms with Crippen LogP contribution in [0.4, 0.5) is 4.79 Å². The van der Waals surface area contributed by atoms with E-state index in [-0.39, 0.29) is 11.6 Å². The molecule has 0 spiro atoms. The molecule has 1 unspecified atom stereocenters. The summed E-state index contributed by atoms with van der Waals surface area (Å²) in [6.45, 7) is 5.01. The molecule has 0 aromatic heterocycles. The number of nitrogens with one attached hydrogen (secondary N) is 1. The van der Waals surface area contributed by atoms with Gasteiger partial charge in [0, 0.05) is 18.6 Å². The fourth-order valence-electron chi connectivity index (χ4n) is 3.71. The molecule has 1 aliphatic carbocycles. The molecule has 0 radical (unpaired) electrons. The summed E-state index contributed by atoms with van der Waals surface area (Å²) in [7, 11) is 0. The zero-order valence-electron chi connectivity index (χ0n) is 13.3. The molecule has 1 heterocycles. The molecule has 0 aromatic rings. The van der Waals surface area contributed by atoms with Crippen LogP contribution >= 0.6 is 0 Å². The summed E-state index contributed by atoms with van der Waals surface area (Å²) in [6.07, 6.45) is 7.60. The highest BCUT2D eigenvalue weighted by Crippen LogP contribution is 2.34. The minimum atomic E-state index is -0.772. The van der Waals surface area contributed by atoms with Crippen LogP contribution in [0.1, 0.15) is 65.2 Å². The van der Waals surface area contributed by atoms with E-state index in [4.69, 9.17) is 0 Å². The highest BCUT2D eigenvalue weighted by Gasteiger charge is 2.43. The van der Waals surface area contributed by atoms with Gasteiger partial charge in [0.25, 0.3) is 0 Å². The van der Waals surface area contributed by atoms with E-state index in [1.165, 1.54) is 6.42 Å². The summed E-state index contributed by atoms with van der Waals surface area (Å²) in [5.74, 6) is -0.772. The lowest BCUT2D eigenvalue weighted by atomic mass is 9.77. The van der Waals surface area contributed by atoms with Crippen molar-refractivity contribution in [2.45, 2.75) is 70.8 Å². The van der Waals surface area contributed by atoms with Gasteiger partial charge in [0.1, 0.15) is 0 Å². The molecule has 1 aliphatic heterocycles. The third-order valence-electron chi connectivity index (χ3n) is 5.36. The van der Waals surface area contributed by atoms with E-state index in [0.717, 1.165) is 32.1 Å². The maximum absolute atomic E-state index is 12.5. The molecular formula is C16H28N2O3. The van der Waals surface area contributed by atoms with Crippen LogP contribution in [0.15, 0.2) is 0 Å². The van der Waals surface area contributed by atoms with E-state index in [2.05, 4.69) is 12.2 Å². The Bertz CT molecular complexity index is 404. The van der Waals surface area contributed by atoms with E-state index in [1.807, 2.05) is 6.92 Å². The van der Waals surface area contributed by atoms with Gasteiger partial charge in [-0.25, -0.2) is 4.79 Å². The minimum Gasteiger partial charge on any atom is -0.481 e. The topological polar surface area (TPSA) is 69.6 Å². The number of hydrogen-bond acceptors (Lipinski definition) is 2. The largest absolute Gasteiger partial charge is 0.481 e. The molecule has 5 nitrogen and oxygen atoms in total. The van der Waals surface area contributed by atoms with E-state index in [0.29, 0.717) is 25.9 Å². The van der Waals surface area contributed by atoms with Crippen molar-refractivity contribution in [3.05, 3.63) is 0 Å². The zero-order chi connectivity index (χ0) is 15.5. The summed E-state index contributed by atoms with van der Waals surface area (Å²) in [5, 5.41) is 12.7. The van der Waals surface area contributed by atoms with E-state index in [9.17, 15) is 14.7 Å². The highest BCUT2D eigenvalue weighted by atomic mass is 16.4. The molecule has 21 heavy (non-hydrogen) atoms. The number of carbonyl (C=O) groups excluding carboxylic acids is 1. The number of aliphatic carboxylic acids is 1. The van der Waals surface area contributed by atoms with Gasteiger partial charge in [-0.2, -0.15) is 0 Å². The molecule has 2 fully saturated rings. The SMILES string of the molecule is CCC1(C(=O)O)CCCN(C(=O)NC2(C)CCCCC2)C1. The smallest absolute Gasteiger partial charge is 0.317 e. The molecular weight excluding hydrogens is 268 g/mol. The lowest BCUT2D eigenvalue weighted by Gasteiger charge is -2.42. The van der Waals surface area contributed by atoms with Gasteiger partial charge in [0.05, 0.1) is 5.41 Å². The lowest BCUT2D eigenvalue weighted by Crippen LogP contribution is -2.57. The van der Waals surface area contributed by atoms with E-state index in [1.54, 1.807) is 4.90 Å². The molecule has 0 bridgehead atoms. The minimum absolute atomic E-state index is 0.0850. The Hall–Kier alpha value is -1.26. The summed E-state index contributed by atoms with van der Waals surface area (Å²) in [5.41, 5.74) is -0.881. The van der Waals surface area contributed by atoms with Gasteiger partial charge in [-0.15, -0.1) is 0 Å². The molecule has 1 saturated carbocycles. The Kier molecular flexibility index (Phi) is 4.79. The number of amides is 2. The third-order valence-corrected chi connectivity index (χ3v) is 5.36. The Labute approximate surface area is 127 Å². The second-order valence-electron chi connectivity index (χ2n) is 7.02. The number of piperidine rings is 1. The van der Waals surface area contributed by atoms with Crippen molar-refractivity contribution in [3.63, 3.8) is 0 Å². The van der Waals surface area contributed by atoms with Crippen LogP contribution in [0.5, 0.6) is 0 Å². The van der Waals surface area contributed by atoms with Gasteiger partial charge in [-0.1, -0.05) is 26.2 Å². The highest BCUT2D eigenvalue weighted by molar-refractivity contribution is 5.79. The summed E-state index contributed by atoms with van der Waals surface area (Å²) < 4.78 is 0. The molecule has 120 valence electrons. The Morgan fingerprint density at radius 2 is 1.81 bits per heavy atom. The average Bonchev–Trinajstić information content (AvgIpc) is 2.47. The monoisotopic (exact) mass is 296 g/mol. The second kappa shape index (κ2) is 6.24. The first-order valence-electron chi connectivity index (χ1n) is 8.21. The quantitative estimate of drug-likeness (QED) is 0.841. The first-order chi connectivity index (χ1) is 9.91. The fraction of sp³-hybridized carbons (Fsp3) is 0.875. The number of carbonyl (C=O) groups is 2. The second-order valence-corrected chi connectivity index (χ2v) is 7.02. The summed E-state index contributed by atoms with van der Waals surface area (Å²) in [4.78, 5) is 25.8. The molecule has 2 amide bonds. The van der Waals surface area contributed by atoms with Crippen LogP contribution in [0.2, 0.25) is 0 Å². The van der Waals surface area contributed by atoms with E-state index >= 15 is 0 Å². The average molecular weight is 296 g/mol. The maximum atomic E-state index is 12.5. The normalized spacial score (nSPS) is 29.0. The third kappa shape index (κ3) is 3.50. The van der Waals surface area contributed by atoms with Crippen molar-refractivity contribution in [3.8, 4) is 0 Å². The van der Waals surface area contributed by atoms with E-state index < -0.39 is 11.4 Å². The van der Waals surface area contributed by atoms with Crippen molar-refractivity contribution in [1.29, 1.82) is 0 Å². The molecule has 5 heteroatoms. The number of urea groups is 1. The molecule has 2 rings (SSSR count). The molecule has 1 saturated heterocycles. The first-order valence-corrected chi connectivity index (χ1v) is 8.21. The Morgan fingerprint density at radius 1 is 1.14 bits per heavy atom. The Balaban J connectivity index is 2.00. The summed E-state index contributed by atoms with van der Waals surface area (Å²) >= 11 is 0. The van der Waals surface area contributed by atoms with Crippen LogP contribution in [-0.4, -0.2) is 40.6 Å². The van der Waals surface area contributed by atoms with Crippen LogP contribution in [0, 0.1) is 5.41 Å². The van der Waals surface area contributed by atoms with Gasteiger partial charge >= 0.3 is 12.0 Å². The molecule has 1 atom stereocenters. The van der Waals surface area contributed by atoms with Gasteiger partial charge in [0.15, 0.2) is 0 Å². The number of nitrogens with zero attached hydrogens (tertiary/aromatic N) is 1. The first kappa shape index (κ1) is 16.1. The molecule has 2 aliphatic rings. The van der Waals surface area contributed by atoms with Crippen molar-refractivity contribution < 1.29 is 14.7 Å². The van der Waals surface area contributed by atoms with Crippen molar-refractivity contribution in [1.82, 2.24) is 10.2 Å². The number of hydrogen-bond donors (Lipinski definition) is 2. The molecule has 2 N–H and O–H groups in total. The van der Waals surface area contributed by atoms with Gasteiger partial charge in [-0.3, -0.25) is 4.79 Å². The number of carboxylic acid groups (broad SMARTS) is 1. The fourth-order valence-corrected chi connectivity index (χ4v) is 3.71. The predicted molar refractivity (Wildman–Crippen MR) is 81.2 cm³/mol.